The highest BCUT2D eigenvalue weighted by Crippen LogP contribution is 2.31. The lowest BCUT2D eigenvalue weighted by molar-refractivity contribution is -0.157. The lowest BCUT2D eigenvalue weighted by Crippen LogP contribution is -2.65. The van der Waals surface area contributed by atoms with Gasteiger partial charge in [-0.2, -0.15) is 5.01 Å². The molecule has 0 bridgehead atoms. The van der Waals surface area contributed by atoms with Crippen LogP contribution in [0.4, 0.5) is 15.3 Å². The van der Waals surface area contributed by atoms with Gasteiger partial charge in [-0.25, -0.2) is 9.59 Å². The second kappa shape index (κ2) is 16.1. The second-order valence-corrected chi connectivity index (χ2v) is 13.4. The fraction of sp³-hybridized carbons (Fsp3) is 0.238. The largest absolute Gasteiger partial charge is 0.497 e. The summed E-state index contributed by atoms with van der Waals surface area (Å²) >= 11 is 0. The van der Waals surface area contributed by atoms with Crippen molar-refractivity contribution in [2.24, 2.45) is 0 Å². The Morgan fingerprint density at radius 3 is 2.28 bits per heavy atom. The first-order valence-electron chi connectivity index (χ1n) is 17.8. The van der Waals surface area contributed by atoms with Crippen LogP contribution in [0.2, 0.25) is 0 Å². The molecule has 0 spiro atoms. The smallest absolute Gasteiger partial charge is 0.411 e. The fourth-order valence-corrected chi connectivity index (χ4v) is 7.06. The third-order valence-electron chi connectivity index (χ3n) is 9.93. The van der Waals surface area contributed by atoms with Gasteiger partial charge in [-0.05, 0) is 57.3 Å². The van der Waals surface area contributed by atoms with E-state index in [-0.39, 0.29) is 50.5 Å². The lowest BCUT2D eigenvalue weighted by atomic mass is 9.98. The standard InChI is InChI=1S/C42H42N6O6/c1-45(41(51)43-24-30-17-21-35(53-2)22-18-30)47-27-39(49)48-37(23-29-15-19-34(20-16-29)44-42(52)54-28-31-9-4-3-5-10-31)40(50)46(26-38(47)48)25-33-13-8-12-32-11-6-7-14-36(32)33/h3-22,37-38H,23-28H2,1-2H3,(H,43,51)(H,44,52)/t37-,38+/m0/s1. The molecule has 2 N–H and O–H groups in total. The summed E-state index contributed by atoms with van der Waals surface area (Å²) in [5, 5.41) is 11.0. The van der Waals surface area contributed by atoms with Crippen LogP contribution in [0.5, 0.6) is 5.75 Å². The van der Waals surface area contributed by atoms with Crippen LogP contribution in [0, 0.1) is 0 Å². The molecule has 12 heteroatoms. The Balaban J connectivity index is 1.09. The van der Waals surface area contributed by atoms with Crippen molar-refractivity contribution in [2.75, 3.05) is 32.6 Å². The summed E-state index contributed by atoms with van der Waals surface area (Å²) in [5.41, 5.74) is 4.10. The van der Waals surface area contributed by atoms with Gasteiger partial charge < -0.3 is 24.6 Å². The van der Waals surface area contributed by atoms with E-state index in [2.05, 4.69) is 10.6 Å². The molecule has 0 aromatic heterocycles. The molecule has 54 heavy (non-hydrogen) atoms. The maximum Gasteiger partial charge on any atom is 0.411 e. The van der Waals surface area contributed by atoms with Gasteiger partial charge in [0.25, 0.3) is 0 Å². The molecule has 7 rings (SSSR count). The first-order chi connectivity index (χ1) is 26.3. The van der Waals surface area contributed by atoms with Gasteiger partial charge in [0.2, 0.25) is 11.8 Å². The van der Waals surface area contributed by atoms with E-state index in [0.29, 0.717) is 12.2 Å². The molecule has 0 unspecified atom stereocenters. The maximum absolute atomic E-state index is 14.4. The number of ether oxygens (including phenoxy) is 2. The van der Waals surface area contributed by atoms with Gasteiger partial charge >= 0.3 is 12.1 Å². The van der Waals surface area contributed by atoms with E-state index < -0.39 is 18.3 Å². The minimum absolute atomic E-state index is 0.0586. The molecule has 5 aromatic carbocycles. The van der Waals surface area contributed by atoms with Crippen molar-refractivity contribution in [3.63, 3.8) is 0 Å². The number of hydrogen-bond donors (Lipinski definition) is 2. The number of piperazine rings is 1. The molecule has 5 aromatic rings. The van der Waals surface area contributed by atoms with E-state index in [1.807, 2.05) is 109 Å². The molecule has 5 amide bonds. The fourth-order valence-electron chi connectivity index (χ4n) is 7.06. The SMILES string of the molecule is COc1ccc(CNC(=O)N(C)N2CC(=O)N3[C@@H](Cc4ccc(NC(=O)OCc5ccccc5)cc4)C(=O)N(Cc4cccc5ccccc45)C[C@@H]32)cc1. The van der Waals surface area contributed by atoms with Crippen molar-refractivity contribution in [1.29, 1.82) is 0 Å². The molecule has 2 fully saturated rings. The number of hydrazine groups is 1. The molecular formula is C42H42N6O6. The average Bonchev–Trinajstić information content (AvgIpc) is 3.53. The predicted molar refractivity (Wildman–Crippen MR) is 204 cm³/mol. The van der Waals surface area contributed by atoms with Crippen LogP contribution in [0.15, 0.2) is 121 Å². The van der Waals surface area contributed by atoms with Crippen molar-refractivity contribution in [2.45, 2.75) is 38.3 Å². The van der Waals surface area contributed by atoms with E-state index in [1.54, 1.807) is 41.1 Å². The summed E-state index contributed by atoms with van der Waals surface area (Å²) in [6.45, 7) is 0.925. The number of carbonyl (C=O) groups is 4. The van der Waals surface area contributed by atoms with E-state index in [0.717, 1.165) is 38.8 Å². The maximum atomic E-state index is 14.4. The normalized spacial score (nSPS) is 16.9. The Morgan fingerprint density at radius 2 is 1.52 bits per heavy atom. The Hall–Kier alpha value is -6.40. The van der Waals surface area contributed by atoms with Gasteiger partial charge in [0.05, 0.1) is 20.2 Å². The number of anilines is 1. The minimum atomic E-state index is -0.818. The van der Waals surface area contributed by atoms with Crippen molar-refractivity contribution in [1.82, 2.24) is 25.1 Å². The predicted octanol–water partition coefficient (Wildman–Crippen LogP) is 5.78. The molecule has 2 atom stereocenters. The number of carbonyl (C=O) groups excluding carboxylic acids is 4. The number of fused-ring (bicyclic) bond motifs is 2. The summed E-state index contributed by atoms with van der Waals surface area (Å²) < 4.78 is 10.6. The van der Waals surface area contributed by atoms with Crippen LogP contribution < -0.4 is 15.4 Å². The number of benzene rings is 5. The molecule has 2 aliphatic rings. The molecule has 2 saturated heterocycles. The molecular weight excluding hydrogens is 684 g/mol. The molecule has 0 aliphatic carbocycles. The van der Waals surface area contributed by atoms with Crippen molar-refractivity contribution in [3.05, 3.63) is 144 Å². The molecule has 276 valence electrons. The molecule has 0 radical (unpaired) electrons. The zero-order chi connectivity index (χ0) is 37.6. The van der Waals surface area contributed by atoms with Crippen LogP contribution in [0.3, 0.4) is 0 Å². The highest BCUT2D eigenvalue weighted by molar-refractivity contribution is 5.92. The molecule has 0 saturated carbocycles. The van der Waals surface area contributed by atoms with E-state index >= 15 is 0 Å². The van der Waals surface area contributed by atoms with Crippen LogP contribution >= 0.6 is 0 Å². The first kappa shape index (κ1) is 36.0. The van der Waals surface area contributed by atoms with Crippen LogP contribution in [-0.4, -0.2) is 83.2 Å². The third-order valence-corrected chi connectivity index (χ3v) is 9.93. The van der Waals surface area contributed by atoms with Gasteiger partial charge in [0.1, 0.15) is 24.6 Å². The number of urea groups is 1. The Morgan fingerprint density at radius 1 is 0.815 bits per heavy atom. The molecule has 12 nitrogen and oxygen atoms in total. The van der Waals surface area contributed by atoms with Crippen molar-refractivity contribution < 1.29 is 28.7 Å². The monoisotopic (exact) mass is 726 g/mol. The highest BCUT2D eigenvalue weighted by atomic mass is 16.5. The number of nitrogens with zero attached hydrogens (tertiary/aromatic N) is 4. The van der Waals surface area contributed by atoms with Crippen molar-refractivity contribution in [3.8, 4) is 5.75 Å². The number of methoxy groups -OCH3 is 1. The van der Waals surface area contributed by atoms with E-state index in [1.165, 1.54) is 5.01 Å². The number of hydrogen-bond acceptors (Lipinski definition) is 7. The summed E-state index contributed by atoms with van der Waals surface area (Å²) in [4.78, 5) is 57.6. The van der Waals surface area contributed by atoms with Gasteiger partial charge in [0, 0.05) is 32.2 Å². The zero-order valence-corrected chi connectivity index (χ0v) is 30.2. The topological polar surface area (TPSA) is 124 Å². The molecule has 2 aliphatic heterocycles. The third kappa shape index (κ3) is 7.98. The quantitative estimate of drug-likeness (QED) is 0.177. The summed E-state index contributed by atoms with van der Waals surface area (Å²) in [6.07, 6.45) is -0.916. The highest BCUT2D eigenvalue weighted by Gasteiger charge is 2.51. The van der Waals surface area contributed by atoms with E-state index in [4.69, 9.17) is 9.47 Å². The van der Waals surface area contributed by atoms with Crippen LogP contribution in [0.25, 0.3) is 10.8 Å². The van der Waals surface area contributed by atoms with Gasteiger partial charge in [-0.1, -0.05) is 97.1 Å². The number of amides is 5. The summed E-state index contributed by atoms with van der Waals surface area (Å²) in [6, 6.07) is 36.9. The van der Waals surface area contributed by atoms with Crippen LogP contribution in [-0.2, 0) is 40.4 Å². The second-order valence-electron chi connectivity index (χ2n) is 13.4. The summed E-state index contributed by atoms with van der Waals surface area (Å²) in [5.74, 6) is 0.310. The minimum Gasteiger partial charge on any atom is -0.497 e. The van der Waals surface area contributed by atoms with Gasteiger partial charge in [-0.15, -0.1) is 0 Å². The van der Waals surface area contributed by atoms with Crippen LogP contribution in [0.1, 0.15) is 22.3 Å². The Labute approximate surface area is 313 Å². The van der Waals surface area contributed by atoms with E-state index in [9.17, 15) is 19.2 Å². The van der Waals surface area contributed by atoms with Gasteiger partial charge in [-0.3, -0.25) is 19.9 Å². The Bertz CT molecular complexity index is 2120. The first-order valence-corrected chi connectivity index (χ1v) is 17.8. The zero-order valence-electron chi connectivity index (χ0n) is 30.2. The number of rotatable bonds is 11. The summed E-state index contributed by atoms with van der Waals surface area (Å²) in [7, 11) is 3.23. The number of nitrogens with one attached hydrogen (secondary N) is 2. The molecule has 2 heterocycles. The average molecular weight is 727 g/mol. The van der Waals surface area contributed by atoms with Crippen molar-refractivity contribution >= 4 is 40.4 Å². The Kier molecular flexibility index (Phi) is 10.7. The van der Waals surface area contributed by atoms with Gasteiger partial charge in [0.15, 0.2) is 0 Å². The lowest BCUT2D eigenvalue weighted by Gasteiger charge is -2.46.